The van der Waals surface area contributed by atoms with E-state index < -0.39 is 12.4 Å². The van der Waals surface area contributed by atoms with E-state index in [-0.39, 0.29) is 12.5 Å². The summed E-state index contributed by atoms with van der Waals surface area (Å²) in [6.45, 7) is 3.81. The van der Waals surface area contributed by atoms with E-state index in [4.69, 9.17) is 22.3 Å². The minimum Gasteiger partial charge on any atom is -0.434 e. The fourth-order valence-electron chi connectivity index (χ4n) is 1.20. The van der Waals surface area contributed by atoms with Gasteiger partial charge in [-0.05, 0) is 35.9 Å². The van der Waals surface area contributed by atoms with Crippen molar-refractivity contribution >= 4 is 32.5 Å². The highest BCUT2D eigenvalue weighted by molar-refractivity contribution is 14.1. The SMILES string of the molecule is C#CCC(CC#C)COC(=O)OC(C)/N=C(/I)CC. The average Bonchev–Trinajstić information content (AvgIpc) is 2.36. The number of ether oxygens (including phenoxy) is 2. The minimum atomic E-state index is -0.754. The Morgan fingerprint density at radius 2 is 1.95 bits per heavy atom. The molecule has 1 atom stereocenters. The molecule has 0 fully saturated rings. The van der Waals surface area contributed by atoms with E-state index >= 15 is 0 Å². The van der Waals surface area contributed by atoms with Crippen LogP contribution in [-0.4, -0.2) is 22.7 Å². The van der Waals surface area contributed by atoms with Gasteiger partial charge in [-0.15, -0.1) is 24.7 Å². The largest absolute Gasteiger partial charge is 0.510 e. The normalized spacial score (nSPS) is 12.4. The smallest absolute Gasteiger partial charge is 0.434 e. The molecule has 19 heavy (non-hydrogen) atoms. The van der Waals surface area contributed by atoms with Gasteiger partial charge in [-0.1, -0.05) is 6.92 Å². The molecule has 0 aromatic rings. The zero-order valence-corrected chi connectivity index (χ0v) is 13.3. The third-order valence-electron chi connectivity index (χ3n) is 2.13. The Bertz CT molecular complexity index is 376. The molecule has 0 bridgehead atoms. The van der Waals surface area contributed by atoms with Crippen molar-refractivity contribution < 1.29 is 14.3 Å². The third kappa shape index (κ3) is 9.38. The van der Waals surface area contributed by atoms with Crippen LogP contribution in [0.25, 0.3) is 0 Å². The lowest BCUT2D eigenvalue weighted by Crippen LogP contribution is -2.18. The molecule has 5 heteroatoms. The molecule has 0 aliphatic rings. The van der Waals surface area contributed by atoms with Gasteiger partial charge < -0.3 is 9.47 Å². The number of halogens is 1. The van der Waals surface area contributed by atoms with Gasteiger partial charge in [0.25, 0.3) is 0 Å². The van der Waals surface area contributed by atoms with Gasteiger partial charge in [0.1, 0.15) is 0 Å². The Morgan fingerprint density at radius 1 is 1.37 bits per heavy atom. The second-order valence-electron chi connectivity index (χ2n) is 3.82. The zero-order chi connectivity index (χ0) is 14.7. The Balaban J connectivity index is 4.11. The Kier molecular flexibility index (Phi) is 10.0. The molecule has 0 aromatic heterocycles. The topological polar surface area (TPSA) is 47.9 Å². The molecule has 1 unspecified atom stereocenters. The van der Waals surface area contributed by atoms with Crippen LogP contribution in [0, 0.1) is 30.6 Å². The zero-order valence-electron chi connectivity index (χ0n) is 11.2. The molecule has 4 nitrogen and oxygen atoms in total. The van der Waals surface area contributed by atoms with Crippen LogP contribution in [0.2, 0.25) is 0 Å². The fourth-order valence-corrected chi connectivity index (χ4v) is 1.59. The number of hydrogen-bond donors (Lipinski definition) is 0. The third-order valence-corrected chi connectivity index (χ3v) is 3.17. The first-order valence-electron chi connectivity index (χ1n) is 5.95. The van der Waals surface area contributed by atoms with Crippen molar-refractivity contribution in [3.8, 4) is 24.7 Å². The lowest BCUT2D eigenvalue weighted by molar-refractivity contribution is 0.0238. The summed E-state index contributed by atoms with van der Waals surface area (Å²) >= 11 is 2.09. The summed E-state index contributed by atoms with van der Waals surface area (Å²) in [5.41, 5.74) is 0. The van der Waals surface area contributed by atoms with Gasteiger partial charge >= 0.3 is 6.16 Å². The standard InChI is InChI=1S/C14H18INO3/c1-5-8-12(9-6-2)10-18-14(17)19-11(4)16-13(15)7-3/h1-2,11-12H,7-10H2,3-4H3/b16-13+. The molecule has 0 heterocycles. The predicted molar refractivity (Wildman–Crippen MR) is 84.0 cm³/mol. The van der Waals surface area contributed by atoms with Crippen LogP contribution in [-0.2, 0) is 9.47 Å². The van der Waals surface area contributed by atoms with Crippen molar-refractivity contribution in [3.63, 3.8) is 0 Å². The lowest BCUT2D eigenvalue weighted by Gasteiger charge is -2.13. The van der Waals surface area contributed by atoms with Crippen LogP contribution in [0.3, 0.4) is 0 Å². The molecule has 0 saturated carbocycles. The van der Waals surface area contributed by atoms with Crippen LogP contribution in [0.5, 0.6) is 0 Å². The van der Waals surface area contributed by atoms with Crippen LogP contribution in [0.4, 0.5) is 4.79 Å². The molecule has 0 amide bonds. The summed E-state index contributed by atoms with van der Waals surface area (Å²) in [6, 6.07) is 0. The Labute approximate surface area is 128 Å². The highest BCUT2D eigenvalue weighted by Gasteiger charge is 2.13. The number of carbonyl (C=O) groups is 1. The van der Waals surface area contributed by atoms with E-state index in [0.717, 1.165) is 10.1 Å². The summed E-state index contributed by atoms with van der Waals surface area (Å²) in [4.78, 5) is 15.6. The van der Waals surface area contributed by atoms with Crippen LogP contribution >= 0.6 is 22.6 Å². The van der Waals surface area contributed by atoms with E-state index in [2.05, 4.69) is 39.4 Å². The molecule has 0 aromatic carbocycles. The van der Waals surface area contributed by atoms with Crippen LogP contribution < -0.4 is 0 Å². The van der Waals surface area contributed by atoms with Crippen molar-refractivity contribution in [1.29, 1.82) is 0 Å². The molecule has 0 radical (unpaired) electrons. The molecular formula is C14H18INO3. The number of nitrogens with zero attached hydrogens (tertiary/aromatic N) is 1. The molecule has 0 aliphatic heterocycles. The van der Waals surface area contributed by atoms with Gasteiger partial charge in [0.15, 0.2) is 6.23 Å². The molecule has 0 spiro atoms. The Morgan fingerprint density at radius 3 is 2.42 bits per heavy atom. The van der Waals surface area contributed by atoms with Crippen molar-refractivity contribution in [2.45, 2.75) is 39.3 Å². The molecule has 0 saturated heterocycles. The van der Waals surface area contributed by atoms with Gasteiger partial charge in [-0.25, -0.2) is 9.79 Å². The molecule has 0 rings (SSSR count). The van der Waals surface area contributed by atoms with E-state index in [1.54, 1.807) is 6.92 Å². The fraction of sp³-hybridized carbons (Fsp3) is 0.571. The number of terminal acetylenes is 2. The van der Waals surface area contributed by atoms with E-state index in [9.17, 15) is 4.79 Å². The second-order valence-corrected chi connectivity index (χ2v) is 5.06. The van der Waals surface area contributed by atoms with Gasteiger partial charge in [0.2, 0.25) is 0 Å². The molecule has 0 N–H and O–H groups in total. The van der Waals surface area contributed by atoms with Gasteiger partial charge in [-0.2, -0.15) is 0 Å². The first-order chi connectivity index (χ1) is 9.03. The summed E-state index contributed by atoms with van der Waals surface area (Å²) in [7, 11) is 0. The molecule has 104 valence electrons. The lowest BCUT2D eigenvalue weighted by atomic mass is 10.0. The number of carbonyl (C=O) groups excluding carboxylic acids is 1. The Hall–Kier alpha value is -1.21. The minimum absolute atomic E-state index is 0.0304. The number of hydrogen-bond acceptors (Lipinski definition) is 4. The maximum atomic E-state index is 11.4. The van der Waals surface area contributed by atoms with E-state index in [1.165, 1.54) is 0 Å². The summed E-state index contributed by atoms with van der Waals surface area (Å²) in [5, 5.41) is 0. The van der Waals surface area contributed by atoms with Gasteiger partial charge in [-0.3, -0.25) is 0 Å². The molecule has 0 aliphatic carbocycles. The predicted octanol–water partition coefficient (Wildman–Crippen LogP) is 3.39. The van der Waals surface area contributed by atoms with Crippen molar-refractivity contribution in [3.05, 3.63) is 0 Å². The van der Waals surface area contributed by atoms with Crippen molar-refractivity contribution in [2.24, 2.45) is 10.9 Å². The highest BCUT2D eigenvalue weighted by atomic mass is 127. The van der Waals surface area contributed by atoms with E-state index in [1.807, 2.05) is 6.92 Å². The maximum absolute atomic E-state index is 11.4. The number of aliphatic imine (C=N–C) groups is 1. The maximum Gasteiger partial charge on any atom is 0.510 e. The first kappa shape index (κ1) is 17.8. The summed E-state index contributed by atoms with van der Waals surface area (Å²) in [5.74, 6) is 4.97. The van der Waals surface area contributed by atoms with Crippen molar-refractivity contribution in [1.82, 2.24) is 0 Å². The monoisotopic (exact) mass is 375 g/mol. The number of rotatable bonds is 7. The van der Waals surface area contributed by atoms with Gasteiger partial charge in [0, 0.05) is 18.8 Å². The summed E-state index contributed by atoms with van der Waals surface area (Å²) in [6.07, 6.45) is 10.8. The van der Waals surface area contributed by atoms with E-state index in [0.29, 0.717) is 12.8 Å². The second kappa shape index (κ2) is 10.7. The van der Waals surface area contributed by atoms with Crippen molar-refractivity contribution in [2.75, 3.05) is 6.61 Å². The highest BCUT2D eigenvalue weighted by Crippen LogP contribution is 2.09. The summed E-state index contributed by atoms with van der Waals surface area (Å²) < 4.78 is 10.8. The quantitative estimate of drug-likeness (QED) is 0.297. The van der Waals surface area contributed by atoms with Crippen LogP contribution in [0.1, 0.15) is 33.1 Å². The first-order valence-corrected chi connectivity index (χ1v) is 7.03. The molecular weight excluding hydrogens is 357 g/mol. The van der Waals surface area contributed by atoms with Gasteiger partial charge in [0.05, 0.1) is 10.3 Å². The van der Waals surface area contributed by atoms with Crippen LogP contribution in [0.15, 0.2) is 4.99 Å². The average molecular weight is 375 g/mol.